The predicted octanol–water partition coefficient (Wildman–Crippen LogP) is 3.92. The molecule has 2 aromatic rings. The van der Waals surface area contributed by atoms with Crippen LogP contribution in [0.4, 0.5) is 5.69 Å². The smallest absolute Gasteiger partial charge is 0.221 e. The number of anilines is 1. The number of hydrogen-bond acceptors (Lipinski definition) is 2. The maximum atomic E-state index is 11.1. The molecule has 1 unspecified atom stereocenters. The molecule has 0 aromatic heterocycles. The quantitative estimate of drug-likeness (QED) is 0.879. The second kappa shape index (κ2) is 8.45. The largest absolute Gasteiger partial charge is 0.326 e. The molecule has 2 N–H and O–H groups in total. The van der Waals surface area contributed by atoms with Crippen LogP contribution in [0.2, 0.25) is 0 Å². The molecule has 0 aliphatic rings. The molecular weight excluding hydrogens is 284 g/mol. The van der Waals surface area contributed by atoms with Crippen molar-refractivity contribution in [2.75, 3.05) is 5.32 Å². The number of nitrogens with one attached hydrogen (secondary N) is 2. The van der Waals surface area contributed by atoms with Gasteiger partial charge in [-0.15, -0.1) is 12.4 Å². The Morgan fingerprint density at radius 3 is 2.48 bits per heavy atom. The summed E-state index contributed by atoms with van der Waals surface area (Å²) in [5, 5.41) is 6.29. The van der Waals surface area contributed by atoms with E-state index in [1.807, 2.05) is 36.4 Å². The van der Waals surface area contributed by atoms with E-state index in [1.165, 1.54) is 12.5 Å². The van der Waals surface area contributed by atoms with Gasteiger partial charge in [0.05, 0.1) is 0 Å². The van der Waals surface area contributed by atoms with Gasteiger partial charge >= 0.3 is 0 Å². The molecular formula is C17H21ClN2O. The molecule has 1 atom stereocenters. The number of amides is 1. The molecule has 1 amide bonds. The van der Waals surface area contributed by atoms with Gasteiger partial charge < -0.3 is 10.6 Å². The van der Waals surface area contributed by atoms with E-state index in [4.69, 9.17) is 0 Å². The first-order valence-corrected chi connectivity index (χ1v) is 6.80. The lowest BCUT2D eigenvalue weighted by Crippen LogP contribution is -2.18. The van der Waals surface area contributed by atoms with Crippen molar-refractivity contribution in [2.24, 2.45) is 0 Å². The Balaban J connectivity index is 0.00000220. The predicted molar refractivity (Wildman–Crippen MR) is 89.7 cm³/mol. The maximum Gasteiger partial charge on any atom is 0.221 e. The summed E-state index contributed by atoms with van der Waals surface area (Å²) in [4.78, 5) is 11.1. The normalized spacial score (nSPS) is 11.3. The van der Waals surface area contributed by atoms with Crippen molar-refractivity contribution in [3.8, 4) is 0 Å². The molecule has 2 rings (SSSR count). The van der Waals surface area contributed by atoms with E-state index in [-0.39, 0.29) is 24.4 Å². The van der Waals surface area contributed by atoms with Crippen LogP contribution in [0.25, 0.3) is 0 Å². The standard InChI is InChI=1S/C17H20N2O.ClH/c1-13(18-12-15-7-4-3-5-8-15)16-9-6-10-17(11-16)19-14(2)20;/h3-11,13,18H,12H2,1-2H3,(H,19,20);1H. The zero-order chi connectivity index (χ0) is 14.4. The molecule has 0 fully saturated rings. The molecule has 0 bridgehead atoms. The van der Waals surface area contributed by atoms with Crippen LogP contribution in [0.3, 0.4) is 0 Å². The summed E-state index contributed by atoms with van der Waals surface area (Å²) in [7, 11) is 0. The van der Waals surface area contributed by atoms with Crippen LogP contribution >= 0.6 is 12.4 Å². The number of carbonyl (C=O) groups is 1. The van der Waals surface area contributed by atoms with E-state index in [1.54, 1.807) is 0 Å². The van der Waals surface area contributed by atoms with Gasteiger partial charge in [0.15, 0.2) is 0 Å². The minimum absolute atomic E-state index is 0. The van der Waals surface area contributed by atoms with E-state index in [2.05, 4.69) is 35.8 Å². The van der Waals surface area contributed by atoms with Gasteiger partial charge in [-0.3, -0.25) is 4.79 Å². The van der Waals surface area contributed by atoms with E-state index < -0.39 is 0 Å². The lowest BCUT2D eigenvalue weighted by atomic mass is 10.1. The Hall–Kier alpha value is -1.84. The molecule has 112 valence electrons. The summed E-state index contributed by atoms with van der Waals surface area (Å²) in [5.41, 5.74) is 3.26. The van der Waals surface area contributed by atoms with Crippen molar-refractivity contribution >= 4 is 24.0 Å². The van der Waals surface area contributed by atoms with Crippen LogP contribution in [-0.4, -0.2) is 5.91 Å². The van der Waals surface area contributed by atoms with Crippen molar-refractivity contribution < 1.29 is 4.79 Å². The summed E-state index contributed by atoms with van der Waals surface area (Å²) < 4.78 is 0. The molecule has 0 aliphatic carbocycles. The number of hydrogen-bond donors (Lipinski definition) is 2. The minimum atomic E-state index is -0.0490. The average molecular weight is 305 g/mol. The van der Waals surface area contributed by atoms with Crippen LogP contribution in [-0.2, 0) is 11.3 Å². The van der Waals surface area contributed by atoms with Gasteiger partial charge in [0.2, 0.25) is 5.91 Å². The van der Waals surface area contributed by atoms with Crippen LogP contribution < -0.4 is 10.6 Å². The highest BCUT2D eigenvalue weighted by molar-refractivity contribution is 5.88. The summed E-state index contributed by atoms with van der Waals surface area (Å²) in [6.45, 7) is 4.46. The highest BCUT2D eigenvalue weighted by Gasteiger charge is 2.06. The molecule has 4 heteroatoms. The Labute approximate surface area is 132 Å². The van der Waals surface area contributed by atoms with Gasteiger partial charge in [0.25, 0.3) is 0 Å². The van der Waals surface area contributed by atoms with E-state index in [0.717, 1.165) is 17.8 Å². The summed E-state index contributed by atoms with van der Waals surface area (Å²) >= 11 is 0. The summed E-state index contributed by atoms with van der Waals surface area (Å²) in [6.07, 6.45) is 0. The van der Waals surface area contributed by atoms with Crippen molar-refractivity contribution in [1.82, 2.24) is 5.32 Å². The zero-order valence-electron chi connectivity index (χ0n) is 12.3. The van der Waals surface area contributed by atoms with Gasteiger partial charge in [-0.05, 0) is 30.2 Å². The monoisotopic (exact) mass is 304 g/mol. The fourth-order valence-corrected chi connectivity index (χ4v) is 2.07. The molecule has 2 aromatic carbocycles. The maximum absolute atomic E-state index is 11.1. The first-order valence-electron chi connectivity index (χ1n) is 6.80. The van der Waals surface area contributed by atoms with Gasteiger partial charge in [0, 0.05) is 25.2 Å². The SMILES string of the molecule is CC(=O)Nc1cccc(C(C)NCc2ccccc2)c1.Cl. The molecule has 0 aliphatic heterocycles. The first kappa shape index (κ1) is 17.2. The van der Waals surface area contributed by atoms with Gasteiger partial charge in [0.1, 0.15) is 0 Å². The van der Waals surface area contributed by atoms with Crippen molar-refractivity contribution in [1.29, 1.82) is 0 Å². The molecule has 0 radical (unpaired) electrons. The highest BCUT2D eigenvalue weighted by atomic mass is 35.5. The minimum Gasteiger partial charge on any atom is -0.326 e. The topological polar surface area (TPSA) is 41.1 Å². The van der Waals surface area contributed by atoms with Gasteiger partial charge in [-0.2, -0.15) is 0 Å². The fraction of sp³-hybridized carbons (Fsp3) is 0.235. The second-order valence-corrected chi connectivity index (χ2v) is 4.89. The Kier molecular flexibility index (Phi) is 6.92. The number of halogens is 1. The fourth-order valence-electron chi connectivity index (χ4n) is 2.07. The summed E-state index contributed by atoms with van der Waals surface area (Å²) in [5.74, 6) is -0.0490. The molecule has 0 saturated carbocycles. The third-order valence-electron chi connectivity index (χ3n) is 3.16. The number of benzene rings is 2. The second-order valence-electron chi connectivity index (χ2n) is 4.89. The molecule has 0 spiro atoms. The van der Waals surface area contributed by atoms with Gasteiger partial charge in [-0.25, -0.2) is 0 Å². The van der Waals surface area contributed by atoms with E-state index in [9.17, 15) is 4.79 Å². The molecule has 3 nitrogen and oxygen atoms in total. The van der Waals surface area contributed by atoms with Crippen molar-refractivity contribution in [3.63, 3.8) is 0 Å². The van der Waals surface area contributed by atoms with Crippen LogP contribution in [0.5, 0.6) is 0 Å². The van der Waals surface area contributed by atoms with Gasteiger partial charge in [-0.1, -0.05) is 42.5 Å². The average Bonchev–Trinajstić information content (AvgIpc) is 2.45. The Morgan fingerprint density at radius 1 is 1.10 bits per heavy atom. The zero-order valence-corrected chi connectivity index (χ0v) is 13.1. The molecule has 21 heavy (non-hydrogen) atoms. The van der Waals surface area contributed by atoms with Crippen LogP contribution in [0.15, 0.2) is 54.6 Å². The summed E-state index contributed by atoms with van der Waals surface area (Å²) in [6, 6.07) is 18.5. The highest BCUT2D eigenvalue weighted by Crippen LogP contribution is 2.17. The van der Waals surface area contributed by atoms with Crippen LogP contribution in [0.1, 0.15) is 31.0 Å². The number of carbonyl (C=O) groups excluding carboxylic acids is 1. The van der Waals surface area contributed by atoms with E-state index >= 15 is 0 Å². The third-order valence-corrected chi connectivity index (χ3v) is 3.16. The molecule has 0 heterocycles. The third kappa shape index (κ3) is 5.58. The van der Waals surface area contributed by atoms with Crippen LogP contribution in [0, 0.1) is 0 Å². The first-order chi connectivity index (χ1) is 9.65. The molecule has 0 saturated heterocycles. The van der Waals surface area contributed by atoms with Crippen molar-refractivity contribution in [3.05, 3.63) is 65.7 Å². The van der Waals surface area contributed by atoms with E-state index in [0.29, 0.717) is 0 Å². The Morgan fingerprint density at radius 2 is 1.81 bits per heavy atom. The Bertz CT molecular complexity index is 572. The lowest BCUT2D eigenvalue weighted by molar-refractivity contribution is -0.114. The lowest BCUT2D eigenvalue weighted by Gasteiger charge is -2.15. The number of rotatable bonds is 5. The van der Waals surface area contributed by atoms with Crippen molar-refractivity contribution in [2.45, 2.75) is 26.4 Å².